The standard InChI is InChI=1S/C21H20N2O4/c1-2-8-18-17(21(26)23(22-18)16-10-4-3-5-11-16)13-15-9-6-7-12-19(15)27-14-20(24)25/h3-7,9-13H,2,8,14H2,1H3,(H,24,25)/p-1/b17-13-. The number of aliphatic carboxylic acids is 1. The topological polar surface area (TPSA) is 82.0 Å². The van der Waals surface area contributed by atoms with Crippen LogP contribution in [0.15, 0.2) is 65.3 Å². The van der Waals surface area contributed by atoms with Gasteiger partial charge in [0, 0.05) is 5.56 Å². The summed E-state index contributed by atoms with van der Waals surface area (Å²) in [6.45, 7) is 1.47. The van der Waals surface area contributed by atoms with E-state index in [1.165, 1.54) is 5.01 Å². The molecule has 0 fully saturated rings. The van der Waals surface area contributed by atoms with Crippen LogP contribution >= 0.6 is 0 Å². The molecule has 0 spiro atoms. The van der Waals surface area contributed by atoms with Gasteiger partial charge in [-0.05, 0) is 30.7 Å². The van der Waals surface area contributed by atoms with E-state index in [0.29, 0.717) is 34.7 Å². The third-order valence-electron chi connectivity index (χ3n) is 4.01. The van der Waals surface area contributed by atoms with Crippen LogP contribution in [0.25, 0.3) is 6.08 Å². The second kappa shape index (κ2) is 8.31. The average Bonchev–Trinajstić information content (AvgIpc) is 2.98. The van der Waals surface area contributed by atoms with Crippen LogP contribution in [0.1, 0.15) is 25.3 Å². The molecule has 0 unspecified atom stereocenters. The lowest BCUT2D eigenvalue weighted by Crippen LogP contribution is -2.29. The van der Waals surface area contributed by atoms with Crippen molar-refractivity contribution in [2.45, 2.75) is 19.8 Å². The van der Waals surface area contributed by atoms with Crippen LogP contribution in [0.3, 0.4) is 0 Å². The van der Waals surface area contributed by atoms with Gasteiger partial charge in [-0.2, -0.15) is 10.1 Å². The largest absolute Gasteiger partial charge is 0.546 e. The molecule has 3 rings (SSSR count). The fraction of sp³-hybridized carbons (Fsp3) is 0.190. The van der Waals surface area contributed by atoms with E-state index in [0.717, 1.165) is 6.42 Å². The number of para-hydroxylation sites is 2. The zero-order chi connectivity index (χ0) is 19.2. The molecule has 0 saturated carbocycles. The zero-order valence-electron chi connectivity index (χ0n) is 14.9. The van der Waals surface area contributed by atoms with Gasteiger partial charge in [0.05, 0.1) is 22.9 Å². The lowest BCUT2D eigenvalue weighted by Gasteiger charge is -2.12. The predicted molar refractivity (Wildman–Crippen MR) is 101 cm³/mol. The smallest absolute Gasteiger partial charge is 0.280 e. The zero-order valence-corrected chi connectivity index (χ0v) is 14.9. The van der Waals surface area contributed by atoms with Gasteiger partial charge < -0.3 is 14.6 Å². The van der Waals surface area contributed by atoms with Crippen molar-refractivity contribution in [3.05, 3.63) is 65.7 Å². The molecule has 1 aliphatic rings. The van der Waals surface area contributed by atoms with E-state index in [2.05, 4.69) is 5.10 Å². The third kappa shape index (κ3) is 4.23. The second-order valence-electron chi connectivity index (χ2n) is 6.01. The molecule has 0 atom stereocenters. The number of carbonyl (C=O) groups is 2. The van der Waals surface area contributed by atoms with Gasteiger partial charge in [-0.1, -0.05) is 49.7 Å². The van der Waals surface area contributed by atoms with Crippen LogP contribution in [-0.4, -0.2) is 24.2 Å². The quantitative estimate of drug-likeness (QED) is 0.708. The molecule has 1 heterocycles. The van der Waals surface area contributed by atoms with Gasteiger partial charge in [-0.15, -0.1) is 0 Å². The van der Waals surface area contributed by atoms with E-state index in [9.17, 15) is 14.7 Å². The molecule has 2 aromatic rings. The molecule has 0 aromatic heterocycles. The summed E-state index contributed by atoms with van der Waals surface area (Å²) >= 11 is 0. The molecule has 27 heavy (non-hydrogen) atoms. The molecule has 6 heteroatoms. The fourth-order valence-corrected chi connectivity index (χ4v) is 2.79. The fourth-order valence-electron chi connectivity index (χ4n) is 2.79. The second-order valence-corrected chi connectivity index (χ2v) is 6.01. The highest BCUT2D eigenvalue weighted by atomic mass is 16.5. The number of hydrogen-bond donors (Lipinski definition) is 0. The van der Waals surface area contributed by atoms with E-state index < -0.39 is 12.6 Å². The highest BCUT2D eigenvalue weighted by Crippen LogP contribution is 2.28. The molecule has 2 aromatic carbocycles. The molecule has 0 N–H and O–H groups in total. The van der Waals surface area contributed by atoms with E-state index in [4.69, 9.17) is 4.74 Å². The third-order valence-corrected chi connectivity index (χ3v) is 4.01. The van der Waals surface area contributed by atoms with Crippen molar-refractivity contribution in [2.75, 3.05) is 11.6 Å². The van der Waals surface area contributed by atoms with Crippen molar-refractivity contribution < 1.29 is 19.4 Å². The van der Waals surface area contributed by atoms with E-state index >= 15 is 0 Å². The van der Waals surface area contributed by atoms with E-state index in [1.54, 1.807) is 30.3 Å². The first-order valence-corrected chi connectivity index (χ1v) is 8.71. The number of anilines is 1. The van der Waals surface area contributed by atoms with Crippen molar-refractivity contribution in [3.63, 3.8) is 0 Å². The normalized spacial score (nSPS) is 15.1. The van der Waals surface area contributed by atoms with Crippen LogP contribution in [-0.2, 0) is 9.59 Å². The van der Waals surface area contributed by atoms with Gasteiger partial charge in [-0.25, -0.2) is 0 Å². The number of carboxylic acids is 1. The van der Waals surface area contributed by atoms with Crippen molar-refractivity contribution in [3.8, 4) is 5.75 Å². The minimum absolute atomic E-state index is 0.223. The Morgan fingerprint density at radius 1 is 1.15 bits per heavy atom. The molecule has 0 radical (unpaired) electrons. The maximum Gasteiger partial charge on any atom is 0.280 e. The van der Waals surface area contributed by atoms with Crippen molar-refractivity contribution in [1.29, 1.82) is 0 Å². The Labute approximate surface area is 157 Å². The lowest BCUT2D eigenvalue weighted by atomic mass is 10.0. The summed E-state index contributed by atoms with van der Waals surface area (Å²) < 4.78 is 5.28. The highest BCUT2D eigenvalue weighted by molar-refractivity contribution is 6.32. The maximum absolute atomic E-state index is 13.0. The van der Waals surface area contributed by atoms with Gasteiger partial charge in [-0.3, -0.25) is 4.79 Å². The van der Waals surface area contributed by atoms with Crippen molar-refractivity contribution in [1.82, 2.24) is 0 Å². The Hall–Kier alpha value is -3.41. The minimum Gasteiger partial charge on any atom is -0.546 e. The lowest BCUT2D eigenvalue weighted by molar-refractivity contribution is -0.307. The van der Waals surface area contributed by atoms with Gasteiger partial charge in [0.1, 0.15) is 12.4 Å². The Balaban J connectivity index is 1.96. The Kier molecular flexibility index (Phi) is 5.66. The first-order chi connectivity index (χ1) is 13.1. The van der Waals surface area contributed by atoms with Gasteiger partial charge in [0.2, 0.25) is 0 Å². The first-order valence-electron chi connectivity index (χ1n) is 8.71. The van der Waals surface area contributed by atoms with Gasteiger partial charge in [0.15, 0.2) is 0 Å². The van der Waals surface area contributed by atoms with Crippen LogP contribution in [0.5, 0.6) is 5.75 Å². The predicted octanol–water partition coefficient (Wildman–Crippen LogP) is 2.40. The molecular weight excluding hydrogens is 344 g/mol. The number of rotatable bonds is 7. The average molecular weight is 363 g/mol. The summed E-state index contributed by atoms with van der Waals surface area (Å²) in [5, 5.41) is 16.6. The van der Waals surface area contributed by atoms with Crippen LogP contribution in [0, 0.1) is 0 Å². The Bertz CT molecular complexity index is 903. The van der Waals surface area contributed by atoms with Crippen LogP contribution in [0.4, 0.5) is 5.69 Å². The van der Waals surface area contributed by atoms with Crippen LogP contribution in [0.2, 0.25) is 0 Å². The number of benzene rings is 2. The van der Waals surface area contributed by atoms with E-state index in [-0.39, 0.29) is 5.91 Å². The molecule has 0 bridgehead atoms. The van der Waals surface area contributed by atoms with Crippen molar-refractivity contribution >= 4 is 29.4 Å². The highest BCUT2D eigenvalue weighted by Gasteiger charge is 2.30. The number of nitrogens with zero attached hydrogens (tertiary/aromatic N) is 2. The van der Waals surface area contributed by atoms with Gasteiger partial charge >= 0.3 is 0 Å². The monoisotopic (exact) mass is 363 g/mol. The summed E-state index contributed by atoms with van der Waals surface area (Å²) in [7, 11) is 0. The molecule has 0 aliphatic carbocycles. The summed E-state index contributed by atoms with van der Waals surface area (Å²) in [5.41, 5.74) is 2.48. The molecule has 1 amide bonds. The summed E-state index contributed by atoms with van der Waals surface area (Å²) in [4.78, 5) is 23.7. The summed E-state index contributed by atoms with van der Waals surface area (Å²) in [6.07, 6.45) is 3.20. The number of hydrazone groups is 1. The molecule has 6 nitrogen and oxygen atoms in total. The number of carbonyl (C=O) groups excluding carboxylic acids is 2. The molecular formula is C21H19N2O4-. The minimum atomic E-state index is -1.31. The SMILES string of the molecule is CCCC1=NN(c2ccccc2)C(=O)/C1=C\c1ccccc1OCC(=O)[O-]. The van der Waals surface area contributed by atoms with Crippen molar-refractivity contribution in [2.24, 2.45) is 5.10 Å². The maximum atomic E-state index is 13.0. The Morgan fingerprint density at radius 2 is 1.85 bits per heavy atom. The molecule has 138 valence electrons. The first kappa shape index (κ1) is 18.4. The Morgan fingerprint density at radius 3 is 2.56 bits per heavy atom. The summed E-state index contributed by atoms with van der Waals surface area (Å²) in [6, 6.07) is 16.2. The number of hydrogen-bond acceptors (Lipinski definition) is 5. The number of amides is 1. The number of ether oxygens (including phenoxy) is 1. The molecule has 0 saturated heterocycles. The van der Waals surface area contributed by atoms with E-state index in [1.807, 2.05) is 37.3 Å². The van der Waals surface area contributed by atoms with Crippen LogP contribution < -0.4 is 14.9 Å². The number of carboxylic acid groups (broad SMARTS) is 1. The molecule has 1 aliphatic heterocycles. The summed E-state index contributed by atoms with van der Waals surface area (Å²) in [5.74, 6) is -1.16. The van der Waals surface area contributed by atoms with Gasteiger partial charge in [0.25, 0.3) is 5.91 Å².